The Bertz CT molecular complexity index is 595. The quantitative estimate of drug-likeness (QED) is 0.799. The van der Waals surface area contributed by atoms with E-state index in [0.29, 0.717) is 17.9 Å². The maximum atomic E-state index is 8.51. The number of nitrogens with two attached hydrogens (primary N) is 1. The van der Waals surface area contributed by atoms with Crippen LogP contribution in [0.4, 0.5) is 5.82 Å². The van der Waals surface area contributed by atoms with E-state index in [2.05, 4.69) is 28.3 Å². The predicted octanol–water partition coefficient (Wildman–Crippen LogP) is 1.90. The zero-order valence-corrected chi connectivity index (χ0v) is 11.1. The molecule has 0 saturated heterocycles. The van der Waals surface area contributed by atoms with E-state index in [4.69, 9.17) is 11.0 Å². The summed E-state index contributed by atoms with van der Waals surface area (Å²) in [7, 11) is 0. The van der Waals surface area contributed by atoms with Gasteiger partial charge in [0.05, 0.1) is 12.3 Å². The number of anilines is 1. The van der Waals surface area contributed by atoms with Crippen molar-refractivity contribution in [3.8, 4) is 6.07 Å². The predicted molar refractivity (Wildman–Crippen MR) is 72.4 cm³/mol. The minimum Gasteiger partial charge on any atom is -0.383 e. The van der Waals surface area contributed by atoms with Crippen molar-refractivity contribution < 1.29 is 0 Å². The first-order valence-electron chi connectivity index (χ1n) is 6.62. The van der Waals surface area contributed by atoms with E-state index in [1.807, 2.05) is 0 Å². The van der Waals surface area contributed by atoms with Crippen molar-refractivity contribution in [3.05, 3.63) is 17.5 Å². The molecule has 0 aromatic carbocycles. The summed E-state index contributed by atoms with van der Waals surface area (Å²) in [5.74, 6) is 0.639. The van der Waals surface area contributed by atoms with Crippen LogP contribution in [0, 0.1) is 11.3 Å². The molecule has 2 rings (SSSR count). The van der Waals surface area contributed by atoms with Gasteiger partial charge in [-0.25, -0.2) is 4.98 Å². The van der Waals surface area contributed by atoms with Gasteiger partial charge in [-0.3, -0.25) is 0 Å². The van der Waals surface area contributed by atoms with Gasteiger partial charge in [0.25, 0.3) is 0 Å². The number of fused-ring (bicyclic) bond motifs is 1. The third kappa shape index (κ3) is 2.81. The lowest BCUT2D eigenvalue weighted by Crippen LogP contribution is -2.09. The first-order valence-corrected chi connectivity index (χ1v) is 6.62. The largest absolute Gasteiger partial charge is 0.383 e. The molecule has 6 nitrogen and oxygen atoms in total. The van der Waals surface area contributed by atoms with Gasteiger partial charge in [-0.1, -0.05) is 18.6 Å². The van der Waals surface area contributed by atoms with Gasteiger partial charge in [0, 0.05) is 17.7 Å². The molecule has 0 amide bonds. The van der Waals surface area contributed by atoms with E-state index in [1.54, 1.807) is 10.7 Å². The number of unbranched alkanes of at least 4 members (excludes halogenated alkanes) is 3. The van der Waals surface area contributed by atoms with Gasteiger partial charge in [-0.05, 0) is 25.7 Å². The Morgan fingerprint density at radius 2 is 2.21 bits per heavy atom. The Hall–Kier alpha value is -2.16. The van der Waals surface area contributed by atoms with E-state index in [0.717, 1.165) is 43.4 Å². The summed E-state index contributed by atoms with van der Waals surface area (Å²) in [5, 5.41) is 16.3. The van der Waals surface area contributed by atoms with Gasteiger partial charge in [-0.15, -0.1) is 5.10 Å². The summed E-state index contributed by atoms with van der Waals surface area (Å²) in [6.45, 7) is 2.07. The maximum absolute atomic E-state index is 8.51. The van der Waals surface area contributed by atoms with Gasteiger partial charge in [0.15, 0.2) is 5.65 Å². The van der Waals surface area contributed by atoms with E-state index in [9.17, 15) is 0 Å². The molecule has 0 aliphatic rings. The van der Waals surface area contributed by atoms with Gasteiger partial charge in [0.2, 0.25) is 0 Å². The molecular formula is C13H18N6. The average Bonchev–Trinajstić information content (AvgIpc) is 2.89. The van der Waals surface area contributed by atoms with Crippen LogP contribution in [0.3, 0.4) is 0 Å². The minimum atomic E-state index is 0.622. The number of nitriles is 1. The highest BCUT2D eigenvalue weighted by Crippen LogP contribution is 2.20. The first kappa shape index (κ1) is 13.3. The molecule has 0 aliphatic carbocycles. The zero-order valence-electron chi connectivity index (χ0n) is 11.1. The molecule has 0 unspecified atom stereocenters. The Labute approximate surface area is 112 Å². The molecular weight excluding hydrogens is 240 g/mol. The van der Waals surface area contributed by atoms with Crippen molar-refractivity contribution in [2.45, 2.75) is 45.4 Å². The van der Waals surface area contributed by atoms with Gasteiger partial charge >= 0.3 is 0 Å². The summed E-state index contributed by atoms with van der Waals surface area (Å²) in [6.07, 6.45) is 6.95. The molecule has 0 saturated carbocycles. The van der Waals surface area contributed by atoms with Crippen molar-refractivity contribution in [1.82, 2.24) is 19.8 Å². The fourth-order valence-electron chi connectivity index (χ4n) is 2.21. The van der Waals surface area contributed by atoms with E-state index < -0.39 is 0 Å². The number of nitrogen functional groups attached to an aromatic ring is 1. The van der Waals surface area contributed by atoms with Gasteiger partial charge < -0.3 is 5.73 Å². The number of hydrogen-bond donors (Lipinski definition) is 1. The number of nitrogens with zero attached hydrogens (tertiary/aromatic N) is 5. The fourth-order valence-corrected chi connectivity index (χ4v) is 2.21. The molecule has 0 bridgehead atoms. The first-order chi connectivity index (χ1) is 9.27. The van der Waals surface area contributed by atoms with Crippen LogP contribution in [-0.2, 0) is 12.8 Å². The third-order valence-electron chi connectivity index (χ3n) is 3.22. The molecule has 0 aliphatic heterocycles. The lowest BCUT2D eigenvalue weighted by molar-refractivity contribution is 0.682. The normalized spacial score (nSPS) is 10.7. The van der Waals surface area contributed by atoms with Crippen LogP contribution in [0.5, 0.6) is 0 Å². The van der Waals surface area contributed by atoms with Crippen molar-refractivity contribution in [2.24, 2.45) is 0 Å². The van der Waals surface area contributed by atoms with Crippen molar-refractivity contribution >= 4 is 11.5 Å². The minimum absolute atomic E-state index is 0.622. The van der Waals surface area contributed by atoms with Crippen LogP contribution in [0.2, 0.25) is 0 Å². The van der Waals surface area contributed by atoms with E-state index in [1.165, 1.54) is 0 Å². The fraction of sp³-hybridized carbons (Fsp3) is 0.538. The van der Waals surface area contributed by atoms with Gasteiger partial charge in [0.1, 0.15) is 5.82 Å². The van der Waals surface area contributed by atoms with E-state index in [-0.39, 0.29) is 0 Å². The standard InChI is InChI=1S/C13H18N6/c1-2-11-10(7-5-3-4-6-8-14)13(15)19-12(17-11)9-16-18-19/h9H,2-7,15H2,1H3. The van der Waals surface area contributed by atoms with Crippen LogP contribution in [0.25, 0.3) is 5.65 Å². The molecule has 2 aromatic rings. The Kier molecular flexibility index (Phi) is 4.29. The Morgan fingerprint density at radius 3 is 2.95 bits per heavy atom. The van der Waals surface area contributed by atoms with Crippen molar-refractivity contribution in [3.63, 3.8) is 0 Å². The van der Waals surface area contributed by atoms with Crippen LogP contribution < -0.4 is 5.73 Å². The lowest BCUT2D eigenvalue weighted by Gasteiger charge is -2.11. The molecule has 2 aromatic heterocycles. The molecule has 0 radical (unpaired) electrons. The monoisotopic (exact) mass is 258 g/mol. The number of aryl methyl sites for hydroxylation is 1. The van der Waals surface area contributed by atoms with Crippen molar-refractivity contribution in [2.75, 3.05) is 5.73 Å². The van der Waals surface area contributed by atoms with E-state index >= 15 is 0 Å². The van der Waals surface area contributed by atoms with Gasteiger partial charge in [-0.2, -0.15) is 9.78 Å². The molecule has 0 fully saturated rings. The highest BCUT2D eigenvalue weighted by atomic mass is 15.4. The molecule has 6 heteroatoms. The molecule has 19 heavy (non-hydrogen) atoms. The second-order valence-corrected chi connectivity index (χ2v) is 4.50. The second-order valence-electron chi connectivity index (χ2n) is 4.50. The maximum Gasteiger partial charge on any atom is 0.178 e. The highest BCUT2D eigenvalue weighted by molar-refractivity contribution is 5.51. The van der Waals surface area contributed by atoms with Crippen LogP contribution in [-0.4, -0.2) is 19.8 Å². The summed E-state index contributed by atoms with van der Waals surface area (Å²) >= 11 is 0. The summed E-state index contributed by atoms with van der Waals surface area (Å²) in [5.41, 5.74) is 8.93. The van der Waals surface area contributed by atoms with Crippen molar-refractivity contribution in [1.29, 1.82) is 5.26 Å². The second kappa shape index (κ2) is 6.14. The van der Waals surface area contributed by atoms with Crippen LogP contribution >= 0.6 is 0 Å². The molecule has 2 N–H and O–H groups in total. The van der Waals surface area contributed by atoms with Crippen LogP contribution in [0.15, 0.2) is 6.20 Å². The Balaban J connectivity index is 2.16. The Morgan fingerprint density at radius 1 is 1.37 bits per heavy atom. The number of rotatable bonds is 6. The summed E-state index contributed by atoms with van der Waals surface area (Å²) in [4.78, 5) is 4.54. The zero-order chi connectivity index (χ0) is 13.7. The number of hydrogen-bond acceptors (Lipinski definition) is 5. The molecule has 0 spiro atoms. The highest BCUT2D eigenvalue weighted by Gasteiger charge is 2.12. The molecule has 0 atom stereocenters. The smallest absolute Gasteiger partial charge is 0.178 e. The SMILES string of the molecule is CCc1nc2cnnn2c(N)c1CCCCCC#N. The molecule has 2 heterocycles. The van der Waals surface area contributed by atoms with Crippen LogP contribution in [0.1, 0.15) is 43.9 Å². The number of aromatic nitrogens is 4. The third-order valence-corrected chi connectivity index (χ3v) is 3.22. The summed E-state index contributed by atoms with van der Waals surface area (Å²) in [6, 6.07) is 2.16. The summed E-state index contributed by atoms with van der Waals surface area (Å²) < 4.78 is 1.59. The molecule has 100 valence electrons. The average molecular weight is 258 g/mol. The topological polar surface area (TPSA) is 92.9 Å². The lowest BCUT2D eigenvalue weighted by atomic mass is 10.0.